The summed E-state index contributed by atoms with van der Waals surface area (Å²) < 4.78 is 6.36. The molecule has 1 amide bonds. The second-order valence-corrected chi connectivity index (χ2v) is 5.48. The summed E-state index contributed by atoms with van der Waals surface area (Å²) in [5.74, 6) is -2.19. The van der Waals surface area contributed by atoms with Gasteiger partial charge in [-0.2, -0.15) is 0 Å². The highest BCUT2D eigenvalue weighted by atomic mass is 127. The molecule has 98 valence electrons. The number of rotatable bonds is 3. The van der Waals surface area contributed by atoms with Crippen LogP contribution in [-0.4, -0.2) is 22.1 Å². The van der Waals surface area contributed by atoms with E-state index in [0.717, 1.165) is 14.1 Å². The van der Waals surface area contributed by atoms with Crippen molar-refractivity contribution in [3.05, 3.63) is 43.8 Å². The molecule has 8 heteroatoms. The quantitative estimate of drug-likeness (QED) is 0.721. The summed E-state index contributed by atoms with van der Waals surface area (Å²) in [4.78, 5) is 22.4. The number of carbonyl (C=O) groups is 2. The van der Waals surface area contributed by atoms with Crippen molar-refractivity contribution in [2.75, 3.05) is 5.32 Å². The lowest BCUT2D eigenvalue weighted by Crippen LogP contribution is -2.12. The molecule has 1 heterocycles. The van der Waals surface area contributed by atoms with Crippen LogP contribution in [0.4, 0.5) is 5.69 Å². The van der Waals surface area contributed by atoms with Gasteiger partial charge in [0.25, 0.3) is 5.91 Å². The molecule has 0 aliphatic rings. The number of anilines is 1. The van der Waals surface area contributed by atoms with E-state index in [9.17, 15) is 9.59 Å². The second-order valence-electron chi connectivity index (χ2n) is 3.46. The third kappa shape index (κ3) is 3.32. The van der Waals surface area contributed by atoms with Crippen molar-refractivity contribution in [3.63, 3.8) is 0 Å². The smallest absolute Gasteiger partial charge is 0.374 e. The SMILES string of the molecule is O=C(Nc1ccc(Br)c(I)c1)c1cc(C(=O)O)on1. The summed E-state index contributed by atoms with van der Waals surface area (Å²) in [5, 5.41) is 14.7. The molecule has 2 rings (SSSR count). The van der Waals surface area contributed by atoms with E-state index < -0.39 is 11.9 Å². The van der Waals surface area contributed by atoms with E-state index in [1.807, 2.05) is 0 Å². The number of halogens is 2. The van der Waals surface area contributed by atoms with Crippen LogP contribution in [0.25, 0.3) is 0 Å². The average molecular weight is 437 g/mol. The van der Waals surface area contributed by atoms with E-state index >= 15 is 0 Å². The van der Waals surface area contributed by atoms with Gasteiger partial charge in [-0.15, -0.1) is 0 Å². The van der Waals surface area contributed by atoms with Crippen molar-refractivity contribution in [1.29, 1.82) is 0 Å². The molecular formula is C11H6BrIN2O4. The number of amides is 1. The first-order valence-electron chi connectivity index (χ1n) is 4.94. The number of carboxylic acid groups (broad SMARTS) is 1. The molecule has 1 aromatic heterocycles. The minimum atomic E-state index is -1.27. The van der Waals surface area contributed by atoms with Gasteiger partial charge < -0.3 is 14.9 Å². The summed E-state index contributed by atoms with van der Waals surface area (Å²) in [7, 11) is 0. The fraction of sp³-hybridized carbons (Fsp3) is 0. The van der Waals surface area contributed by atoms with Crippen LogP contribution in [0.1, 0.15) is 21.0 Å². The molecule has 0 aliphatic heterocycles. The molecule has 19 heavy (non-hydrogen) atoms. The zero-order valence-electron chi connectivity index (χ0n) is 9.18. The summed E-state index contributed by atoms with van der Waals surface area (Å²) in [6.45, 7) is 0. The number of nitrogens with one attached hydrogen (secondary N) is 1. The van der Waals surface area contributed by atoms with Gasteiger partial charge in [0, 0.05) is 19.8 Å². The summed E-state index contributed by atoms with van der Waals surface area (Å²) in [5.41, 5.74) is 0.493. The van der Waals surface area contributed by atoms with E-state index in [1.165, 1.54) is 0 Å². The molecule has 0 saturated carbocycles. The van der Waals surface area contributed by atoms with Gasteiger partial charge in [0.1, 0.15) is 0 Å². The number of hydrogen-bond donors (Lipinski definition) is 2. The standard InChI is InChI=1S/C11H6BrIN2O4/c12-6-2-1-5(3-7(6)13)14-10(16)8-4-9(11(17)18)19-15-8/h1-4H,(H,14,16)(H,17,18). The molecule has 1 aromatic carbocycles. The predicted molar refractivity (Wildman–Crippen MR) is 78.3 cm³/mol. The first-order chi connectivity index (χ1) is 8.97. The lowest BCUT2D eigenvalue weighted by molar-refractivity contribution is 0.0651. The van der Waals surface area contributed by atoms with Gasteiger partial charge in [-0.1, -0.05) is 5.16 Å². The van der Waals surface area contributed by atoms with Crippen molar-refractivity contribution in [2.24, 2.45) is 0 Å². The number of benzene rings is 1. The Morgan fingerprint density at radius 1 is 1.37 bits per heavy atom. The molecule has 0 aliphatic carbocycles. The maximum absolute atomic E-state index is 11.8. The zero-order valence-corrected chi connectivity index (χ0v) is 12.9. The first-order valence-corrected chi connectivity index (χ1v) is 6.81. The van der Waals surface area contributed by atoms with Gasteiger partial charge in [-0.25, -0.2) is 4.79 Å². The Bertz CT molecular complexity index is 656. The maximum atomic E-state index is 11.8. The third-order valence-corrected chi connectivity index (χ3v) is 4.46. The first kappa shape index (κ1) is 14.0. The minimum Gasteiger partial charge on any atom is -0.475 e. The van der Waals surface area contributed by atoms with Crippen molar-refractivity contribution >= 4 is 56.1 Å². The molecule has 0 spiro atoms. The van der Waals surface area contributed by atoms with Crippen LogP contribution in [0.5, 0.6) is 0 Å². The summed E-state index contributed by atoms with van der Waals surface area (Å²) >= 11 is 5.46. The van der Waals surface area contributed by atoms with Gasteiger partial charge in [-0.05, 0) is 56.7 Å². The highest BCUT2D eigenvalue weighted by Crippen LogP contribution is 2.22. The molecular weight excluding hydrogens is 431 g/mol. The van der Waals surface area contributed by atoms with Crippen LogP contribution >= 0.6 is 38.5 Å². The Labute approximate surface area is 129 Å². The Morgan fingerprint density at radius 3 is 2.68 bits per heavy atom. The summed E-state index contributed by atoms with van der Waals surface area (Å²) in [6, 6.07) is 6.34. The summed E-state index contributed by atoms with van der Waals surface area (Å²) in [6.07, 6.45) is 0. The average Bonchev–Trinajstić information content (AvgIpc) is 2.83. The van der Waals surface area contributed by atoms with Crippen molar-refractivity contribution in [1.82, 2.24) is 5.16 Å². The van der Waals surface area contributed by atoms with Crippen molar-refractivity contribution in [3.8, 4) is 0 Å². The molecule has 0 saturated heterocycles. The van der Waals surface area contributed by atoms with Crippen molar-refractivity contribution < 1.29 is 19.2 Å². The topological polar surface area (TPSA) is 92.4 Å². The highest BCUT2D eigenvalue weighted by Gasteiger charge is 2.16. The minimum absolute atomic E-state index is 0.0877. The van der Waals surface area contributed by atoms with E-state index in [0.29, 0.717) is 5.69 Å². The third-order valence-electron chi connectivity index (χ3n) is 2.13. The number of aromatic carboxylic acids is 1. The Morgan fingerprint density at radius 2 is 2.11 bits per heavy atom. The number of aromatic nitrogens is 1. The lowest BCUT2D eigenvalue weighted by Gasteiger charge is -2.04. The molecule has 0 fully saturated rings. The van der Waals surface area contributed by atoms with E-state index in [1.54, 1.807) is 18.2 Å². The number of hydrogen-bond acceptors (Lipinski definition) is 4. The Hall–Kier alpha value is -1.42. The van der Waals surface area contributed by atoms with Gasteiger partial charge in [0.2, 0.25) is 5.76 Å². The normalized spacial score (nSPS) is 10.2. The predicted octanol–water partition coefficient (Wildman–Crippen LogP) is 2.99. The molecule has 2 aromatic rings. The van der Waals surface area contributed by atoms with Crippen molar-refractivity contribution in [2.45, 2.75) is 0 Å². The zero-order chi connectivity index (χ0) is 14.0. The van der Waals surface area contributed by atoms with Crippen LogP contribution < -0.4 is 5.32 Å². The molecule has 0 unspecified atom stereocenters. The largest absolute Gasteiger partial charge is 0.475 e. The van der Waals surface area contributed by atoms with Crippen LogP contribution in [0, 0.1) is 3.57 Å². The van der Waals surface area contributed by atoms with E-state index in [2.05, 4.69) is 53.5 Å². The van der Waals surface area contributed by atoms with Gasteiger partial charge in [0.15, 0.2) is 5.69 Å². The Kier molecular flexibility index (Phi) is 4.20. The number of carbonyl (C=O) groups excluding carboxylic acids is 1. The van der Waals surface area contributed by atoms with Gasteiger partial charge >= 0.3 is 5.97 Å². The van der Waals surface area contributed by atoms with E-state index in [4.69, 9.17) is 5.11 Å². The number of carboxylic acids is 1. The van der Waals surface area contributed by atoms with Crippen LogP contribution in [-0.2, 0) is 0 Å². The molecule has 6 nitrogen and oxygen atoms in total. The molecule has 0 bridgehead atoms. The monoisotopic (exact) mass is 436 g/mol. The van der Waals surface area contributed by atoms with Gasteiger partial charge in [-0.3, -0.25) is 4.79 Å². The highest BCUT2D eigenvalue weighted by molar-refractivity contribution is 14.1. The number of nitrogens with zero attached hydrogens (tertiary/aromatic N) is 1. The maximum Gasteiger partial charge on any atom is 0.374 e. The van der Waals surface area contributed by atoms with Crippen LogP contribution in [0.2, 0.25) is 0 Å². The molecule has 0 radical (unpaired) electrons. The molecule has 2 N–H and O–H groups in total. The lowest BCUT2D eigenvalue weighted by atomic mass is 10.3. The van der Waals surface area contributed by atoms with Gasteiger partial charge in [0.05, 0.1) is 0 Å². The Balaban J connectivity index is 2.15. The fourth-order valence-electron chi connectivity index (χ4n) is 1.25. The fourth-order valence-corrected chi connectivity index (χ4v) is 2.01. The van der Waals surface area contributed by atoms with E-state index in [-0.39, 0.29) is 11.5 Å². The molecule has 0 atom stereocenters. The van der Waals surface area contributed by atoms with Crippen LogP contribution in [0.3, 0.4) is 0 Å². The second kappa shape index (κ2) is 5.70. The van der Waals surface area contributed by atoms with Crippen LogP contribution in [0.15, 0.2) is 33.3 Å².